The number of carbonyl (C=O) groups is 2. The standard InChI is InChI=1S/C24H25FN2O6/c1-32-15-6-7-17(19(28)14-15)22(29)20-21(16-4-2-3-5-18(16)25)27(24(31)23(20)30)9-8-26-10-12-33-13-11-26/h2-7,14,21,28-29H,8-13H2,1H3/t21-/m0/s1. The van der Waals surface area contributed by atoms with Gasteiger partial charge in [-0.2, -0.15) is 0 Å². The number of amides is 1. The van der Waals surface area contributed by atoms with Crippen molar-refractivity contribution >= 4 is 17.4 Å². The van der Waals surface area contributed by atoms with E-state index in [1.807, 2.05) is 0 Å². The largest absolute Gasteiger partial charge is 0.507 e. The third kappa shape index (κ3) is 4.42. The maximum atomic E-state index is 14.8. The predicted molar refractivity (Wildman–Crippen MR) is 117 cm³/mol. The van der Waals surface area contributed by atoms with Gasteiger partial charge in [0.2, 0.25) is 0 Å². The summed E-state index contributed by atoms with van der Waals surface area (Å²) in [7, 11) is 1.42. The molecule has 1 amide bonds. The second-order valence-electron chi connectivity index (χ2n) is 7.85. The van der Waals surface area contributed by atoms with E-state index in [9.17, 15) is 24.2 Å². The van der Waals surface area contributed by atoms with Crippen molar-refractivity contribution in [2.24, 2.45) is 0 Å². The number of aromatic hydroxyl groups is 1. The molecule has 0 spiro atoms. The molecule has 0 unspecified atom stereocenters. The Hall–Kier alpha value is -3.43. The molecule has 2 heterocycles. The van der Waals surface area contributed by atoms with E-state index in [0.717, 1.165) is 0 Å². The first-order valence-electron chi connectivity index (χ1n) is 10.6. The summed E-state index contributed by atoms with van der Waals surface area (Å²) in [6.07, 6.45) is 0. The van der Waals surface area contributed by atoms with Crippen LogP contribution in [0.15, 0.2) is 48.0 Å². The minimum atomic E-state index is -1.13. The van der Waals surface area contributed by atoms with Crippen molar-refractivity contribution in [2.45, 2.75) is 6.04 Å². The number of ketones is 1. The van der Waals surface area contributed by atoms with Crippen LogP contribution in [0.2, 0.25) is 0 Å². The Labute approximate surface area is 190 Å². The van der Waals surface area contributed by atoms with Crippen molar-refractivity contribution in [3.05, 3.63) is 65.0 Å². The molecule has 2 aromatic rings. The molecule has 9 heteroatoms. The average molecular weight is 456 g/mol. The van der Waals surface area contributed by atoms with Gasteiger partial charge in [-0.1, -0.05) is 18.2 Å². The van der Waals surface area contributed by atoms with Crippen LogP contribution in [0.25, 0.3) is 5.76 Å². The Balaban J connectivity index is 1.77. The van der Waals surface area contributed by atoms with Gasteiger partial charge in [0.25, 0.3) is 11.7 Å². The summed E-state index contributed by atoms with van der Waals surface area (Å²) in [5, 5.41) is 21.4. The van der Waals surface area contributed by atoms with Crippen molar-refractivity contribution in [2.75, 3.05) is 46.5 Å². The number of rotatable bonds is 6. The van der Waals surface area contributed by atoms with E-state index >= 15 is 0 Å². The molecular formula is C24H25FN2O6. The number of morpholine rings is 1. The van der Waals surface area contributed by atoms with Gasteiger partial charge in [0, 0.05) is 37.8 Å². The van der Waals surface area contributed by atoms with Gasteiger partial charge < -0.3 is 24.6 Å². The molecule has 0 saturated carbocycles. The summed E-state index contributed by atoms with van der Waals surface area (Å²) in [5.74, 6) is -2.93. The lowest BCUT2D eigenvalue weighted by atomic mass is 9.94. The highest BCUT2D eigenvalue weighted by Crippen LogP contribution is 2.41. The molecular weight excluding hydrogens is 431 g/mol. The Kier molecular flexibility index (Phi) is 6.62. The normalized spacial score (nSPS) is 20.9. The van der Waals surface area contributed by atoms with Crippen molar-refractivity contribution in [1.82, 2.24) is 9.80 Å². The first kappa shape index (κ1) is 22.8. The second kappa shape index (κ2) is 9.60. The fraction of sp³-hybridized carbons (Fsp3) is 0.333. The van der Waals surface area contributed by atoms with Crippen LogP contribution in [0.5, 0.6) is 11.5 Å². The molecule has 4 rings (SSSR count). The van der Waals surface area contributed by atoms with Crippen molar-refractivity contribution in [1.29, 1.82) is 0 Å². The zero-order valence-corrected chi connectivity index (χ0v) is 18.2. The van der Waals surface area contributed by atoms with Gasteiger partial charge in [-0.15, -0.1) is 0 Å². The van der Waals surface area contributed by atoms with Crippen molar-refractivity contribution in [3.8, 4) is 11.5 Å². The van der Waals surface area contributed by atoms with Gasteiger partial charge in [-0.05, 0) is 18.2 Å². The van der Waals surface area contributed by atoms with Crippen LogP contribution in [0.3, 0.4) is 0 Å². The molecule has 174 valence electrons. The van der Waals surface area contributed by atoms with Crippen LogP contribution in [0.1, 0.15) is 17.2 Å². The number of ether oxygens (including phenoxy) is 2. The molecule has 2 fully saturated rings. The van der Waals surface area contributed by atoms with E-state index < -0.39 is 29.3 Å². The predicted octanol–water partition coefficient (Wildman–Crippen LogP) is 2.29. The minimum Gasteiger partial charge on any atom is -0.507 e. The number of methoxy groups -OCH3 is 1. The number of hydrogen-bond donors (Lipinski definition) is 2. The van der Waals surface area contributed by atoms with E-state index in [1.165, 1.54) is 48.4 Å². The lowest BCUT2D eigenvalue weighted by molar-refractivity contribution is -0.140. The highest BCUT2D eigenvalue weighted by atomic mass is 19.1. The summed E-state index contributed by atoms with van der Waals surface area (Å²) in [6.45, 7) is 3.16. The number of halogens is 1. The highest BCUT2D eigenvalue weighted by molar-refractivity contribution is 6.46. The number of phenolic OH excluding ortho intramolecular Hbond substituents is 1. The lowest BCUT2D eigenvalue weighted by Gasteiger charge is -2.31. The van der Waals surface area contributed by atoms with E-state index in [0.29, 0.717) is 38.6 Å². The molecule has 1 atom stereocenters. The van der Waals surface area contributed by atoms with Gasteiger partial charge in [-0.25, -0.2) is 4.39 Å². The van der Waals surface area contributed by atoms with Gasteiger partial charge >= 0.3 is 0 Å². The molecule has 2 saturated heterocycles. The van der Waals surface area contributed by atoms with Gasteiger partial charge in [0.05, 0.1) is 37.5 Å². The number of phenols is 1. The van der Waals surface area contributed by atoms with E-state index in [2.05, 4.69) is 4.90 Å². The summed E-state index contributed by atoms with van der Waals surface area (Å²) in [4.78, 5) is 29.4. The molecule has 2 N–H and O–H groups in total. The van der Waals surface area contributed by atoms with Crippen LogP contribution >= 0.6 is 0 Å². The van der Waals surface area contributed by atoms with Crippen LogP contribution < -0.4 is 4.74 Å². The summed E-state index contributed by atoms with van der Waals surface area (Å²) in [5.41, 5.74) is -0.232. The Morgan fingerprint density at radius 2 is 1.88 bits per heavy atom. The van der Waals surface area contributed by atoms with Crippen LogP contribution in [0.4, 0.5) is 4.39 Å². The maximum Gasteiger partial charge on any atom is 0.295 e. The number of nitrogens with zero attached hydrogens (tertiary/aromatic N) is 2. The molecule has 33 heavy (non-hydrogen) atoms. The molecule has 0 radical (unpaired) electrons. The molecule has 8 nitrogen and oxygen atoms in total. The number of carbonyl (C=O) groups excluding carboxylic acids is 2. The number of likely N-dealkylation sites (tertiary alicyclic amines) is 1. The number of hydrogen-bond acceptors (Lipinski definition) is 7. The van der Waals surface area contributed by atoms with Crippen molar-refractivity contribution < 1.29 is 33.7 Å². The van der Waals surface area contributed by atoms with E-state index in [-0.39, 0.29) is 29.0 Å². The molecule has 0 bridgehead atoms. The average Bonchev–Trinajstić information content (AvgIpc) is 3.08. The monoisotopic (exact) mass is 456 g/mol. The summed E-state index contributed by atoms with van der Waals surface area (Å²) < 4.78 is 25.2. The Morgan fingerprint density at radius 1 is 1.15 bits per heavy atom. The van der Waals surface area contributed by atoms with E-state index in [4.69, 9.17) is 9.47 Å². The first-order chi connectivity index (χ1) is 15.9. The van der Waals surface area contributed by atoms with Crippen LogP contribution in [-0.4, -0.2) is 78.2 Å². The molecule has 0 aliphatic carbocycles. The highest BCUT2D eigenvalue weighted by Gasteiger charge is 2.47. The fourth-order valence-corrected chi connectivity index (χ4v) is 4.19. The summed E-state index contributed by atoms with van der Waals surface area (Å²) in [6, 6.07) is 8.86. The SMILES string of the molecule is COc1ccc(C(O)=C2C(=O)C(=O)N(CCN3CCOCC3)[C@H]2c2ccccc2F)c(O)c1. The van der Waals surface area contributed by atoms with Gasteiger partial charge in [-0.3, -0.25) is 14.5 Å². The number of benzene rings is 2. The quantitative estimate of drug-likeness (QED) is 0.391. The zero-order valence-electron chi connectivity index (χ0n) is 18.2. The van der Waals surface area contributed by atoms with Gasteiger partial charge in [0.1, 0.15) is 23.1 Å². The smallest absolute Gasteiger partial charge is 0.295 e. The molecule has 0 aromatic heterocycles. The second-order valence-corrected chi connectivity index (χ2v) is 7.85. The molecule has 2 aliphatic rings. The summed E-state index contributed by atoms with van der Waals surface area (Å²) >= 11 is 0. The molecule has 2 aliphatic heterocycles. The molecule has 2 aromatic carbocycles. The maximum absolute atomic E-state index is 14.8. The fourth-order valence-electron chi connectivity index (χ4n) is 4.19. The minimum absolute atomic E-state index is 0.0525. The number of Topliss-reactive ketones (excluding diaryl/α,β-unsaturated/α-hetero) is 1. The van der Waals surface area contributed by atoms with Crippen LogP contribution in [0, 0.1) is 5.82 Å². The third-order valence-corrected chi connectivity index (χ3v) is 5.96. The Bertz CT molecular complexity index is 1100. The van der Waals surface area contributed by atoms with Crippen molar-refractivity contribution in [3.63, 3.8) is 0 Å². The topological polar surface area (TPSA) is 99.5 Å². The zero-order chi connectivity index (χ0) is 23.5. The van der Waals surface area contributed by atoms with Gasteiger partial charge in [0.15, 0.2) is 0 Å². The van der Waals surface area contributed by atoms with Crippen LogP contribution in [-0.2, 0) is 14.3 Å². The lowest BCUT2D eigenvalue weighted by Crippen LogP contribution is -2.42. The Morgan fingerprint density at radius 3 is 2.55 bits per heavy atom. The van der Waals surface area contributed by atoms with E-state index in [1.54, 1.807) is 6.07 Å². The number of aliphatic hydroxyl groups is 1. The first-order valence-corrected chi connectivity index (χ1v) is 10.6. The third-order valence-electron chi connectivity index (χ3n) is 5.96. The number of aliphatic hydroxyl groups excluding tert-OH is 1.